The van der Waals surface area contributed by atoms with Crippen LogP contribution in [0.2, 0.25) is 10.0 Å². The van der Waals surface area contributed by atoms with Gasteiger partial charge in [0.2, 0.25) is 0 Å². The van der Waals surface area contributed by atoms with Gasteiger partial charge in [0.1, 0.15) is 5.82 Å². The molecule has 1 saturated carbocycles. The number of hydrogen-bond acceptors (Lipinski definition) is 4. The quantitative estimate of drug-likeness (QED) is 0.448. The molecule has 0 saturated heterocycles. The molecule has 1 heterocycles. The highest BCUT2D eigenvalue weighted by Crippen LogP contribution is 2.45. The smallest absolute Gasteiger partial charge is 0.148 e. The number of benzene rings is 2. The monoisotopic (exact) mass is 453 g/mol. The summed E-state index contributed by atoms with van der Waals surface area (Å²) in [5.41, 5.74) is 6.21. The van der Waals surface area contributed by atoms with Crippen molar-refractivity contribution in [2.75, 3.05) is 11.9 Å². The number of aryl methyl sites for hydroxylation is 1. The van der Waals surface area contributed by atoms with Crippen LogP contribution in [0.4, 0.5) is 5.82 Å². The van der Waals surface area contributed by atoms with Gasteiger partial charge < -0.3 is 10.1 Å². The largest absolute Gasteiger partial charge is 0.376 e. The summed E-state index contributed by atoms with van der Waals surface area (Å²) in [4.78, 5) is 10.1. The van der Waals surface area contributed by atoms with E-state index in [1.165, 1.54) is 11.1 Å². The maximum Gasteiger partial charge on any atom is 0.148 e. The fraction of sp³-hybridized carbons (Fsp3) is 0.360. The van der Waals surface area contributed by atoms with Crippen LogP contribution >= 0.6 is 23.2 Å². The second kappa shape index (κ2) is 8.42. The maximum atomic E-state index is 6.52. The topological polar surface area (TPSA) is 47.0 Å². The van der Waals surface area contributed by atoms with Crippen molar-refractivity contribution < 1.29 is 4.74 Å². The molecule has 2 atom stereocenters. The van der Waals surface area contributed by atoms with Crippen molar-refractivity contribution in [2.24, 2.45) is 0 Å². The molecule has 3 aromatic rings. The Kier molecular flexibility index (Phi) is 5.63. The highest BCUT2D eigenvalue weighted by molar-refractivity contribution is 6.36. The Morgan fingerprint density at radius 1 is 1.10 bits per heavy atom. The molecule has 2 aliphatic rings. The molecule has 5 rings (SSSR count). The van der Waals surface area contributed by atoms with E-state index in [0.717, 1.165) is 47.7 Å². The molecule has 6 heteroatoms. The summed E-state index contributed by atoms with van der Waals surface area (Å²) in [6.07, 6.45) is 3.24. The van der Waals surface area contributed by atoms with E-state index in [4.69, 9.17) is 37.9 Å². The van der Waals surface area contributed by atoms with Gasteiger partial charge in [-0.2, -0.15) is 0 Å². The molecular formula is C25H25Cl2N3O. The zero-order valence-corrected chi connectivity index (χ0v) is 19.2. The highest BCUT2D eigenvalue weighted by Gasteiger charge is 2.35. The van der Waals surface area contributed by atoms with Crippen LogP contribution in [-0.2, 0) is 11.2 Å². The molecule has 160 valence electrons. The molecular weight excluding hydrogens is 429 g/mol. The van der Waals surface area contributed by atoms with Crippen LogP contribution < -0.4 is 5.32 Å². The Bertz CT molecular complexity index is 1130. The van der Waals surface area contributed by atoms with Crippen LogP contribution in [0.5, 0.6) is 0 Å². The molecule has 4 nitrogen and oxygen atoms in total. The van der Waals surface area contributed by atoms with Gasteiger partial charge in [-0.15, -0.1) is 0 Å². The predicted molar refractivity (Wildman–Crippen MR) is 126 cm³/mol. The molecule has 2 unspecified atom stereocenters. The second-order valence-electron chi connectivity index (χ2n) is 8.31. The lowest BCUT2D eigenvalue weighted by atomic mass is 10.1. The average molecular weight is 454 g/mol. The number of rotatable bonds is 6. The third-order valence-corrected chi connectivity index (χ3v) is 6.65. The van der Waals surface area contributed by atoms with E-state index < -0.39 is 0 Å². The minimum absolute atomic E-state index is 0.0566. The number of anilines is 1. The second-order valence-corrected chi connectivity index (χ2v) is 9.15. The fourth-order valence-electron chi connectivity index (χ4n) is 4.44. The molecule has 2 aromatic carbocycles. The number of fused-ring (bicyclic) bond motifs is 1. The van der Waals surface area contributed by atoms with Gasteiger partial charge in [0.05, 0.1) is 34.3 Å². The van der Waals surface area contributed by atoms with Crippen LogP contribution in [0.25, 0.3) is 11.3 Å². The van der Waals surface area contributed by atoms with E-state index in [0.29, 0.717) is 22.6 Å². The van der Waals surface area contributed by atoms with Gasteiger partial charge in [0.15, 0.2) is 0 Å². The van der Waals surface area contributed by atoms with Crippen LogP contribution in [0.3, 0.4) is 0 Å². The van der Waals surface area contributed by atoms with Crippen LogP contribution in [-0.4, -0.2) is 22.7 Å². The van der Waals surface area contributed by atoms with Crippen molar-refractivity contribution >= 4 is 29.0 Å². The van der Waals surface area contributed by atoms with Crippen molar-refractivity contribution in [1.82, 2.24) is 9.97 Å². The third kappa shape index (κ3) is 4.05. The van der Waals surface area contributed by atoms with Crippen LogP contribution in [0.15, 0.2) is 42.5 Å². The van der Waals surface area contributed by atoms with Gasteiger partial charge in [-0.3, -0.25) is 0 Å². The molecule has 0 spiro atoms. The van der Waals surface area contributed by atoms with Gasteiger partial charge in [0.25, 0.3) is 0 Å². The van der Waals surface area contributed by atoms with E-state index in [1.54, 1.807) is 6.07 Å². The molecule has 1 aromatic heterocycles. The molecule has 0 radical (unpaired) electrons. The molecule has 1 N–H and O–H groups in total. The zero-order chi connectivity index (χ0) is 21.5. The van der Waals surface area contributed by atoms with Crippen molar-refractivity contribution in [3.05, 3.63) is 75.0 Å². The number of ether oxygens (including phenoxy) is 1. The Labute approximate surface area is 193 Å². The molecule has 0 aliphatic heterocycles. The van der Waals surface area contributed by atoms with Crippen molar-refractivity contribution in [3.63, 3.8) is 0 Å². The van der Waals surface area contributed by atoms with Gasteiger partial charge in [0, 0.05) is 29.5 Å². The molecule has 31 heavy (non-hydrogen) atoms. The molecule has 2 aliphatic carbocycles. The molecule has 0 bridgehead atoms. The highest BCUT2D eigenvalue weighted by atomic mass is 35.5. The molecule has 0 amide bonds. The summed E-state index contributed by atoms with van der Waals surface area (Å²) >= 11 is 12.6. The normalized spacial score (nSPS) is 20.0. The predicted octanol–water partition coefficient (Wildman–Crippen LogP) is 6.75. The maximum absolute atomic E-state index is 6.52. The average Bonchev–Trinajstić information content (AvgIpc) is 3.53. The van der Waals surface area contributed by atoms with E-state index in [9.17, 15) is 0 Å². The number of halogens is 2. The summed E-state index contributed by atoms with van der Waals surface area (Å²) in [6.45, 7) is 4.72. The van der Waals surface area contributed by atoms with Crippen molar-refractivity contribution in [2.45, 2.75) is 51.2 Å². The van der Waals surface area contributed by atoms with E-state index >= 15 is 0 Å². The lowest BCUT2D eigenvalue weighted by Gasteiger charge is -2.24. The van der Waals surface area contributed by atoms with E-state index in [1.807, 2.05) is 26.0 Å². The number of nitrogens with one attached hydrogen (secondary N) is 1. The van der Waals surface area contributed by atoms with Gasteiger partial charge in [-0.1, -0.05) is 47.5 Å². The Balaban J connectivity index is 1.54. The lowest BCUT2D eigenvalue weighted by Crippen LogP contribution is -2.26. The zero-order valence-electron chi connectivity index (χ0n) is 17.7. The first-order valence-electron chi connectivity index (χ1n) is 10.8. The summed E-state index contributed by atoms with van der Waals surface area (Å²) in [5.74, 6) is 1.25. The Morgan fingerprint density at radius 2 is 1.90 bits per heavy atom. The van der Waals surface area contributed by atoms with Crippen molar-refractivity contribution in [1.29, 1.82) is 0 Å². The number of nitrogens with zero attached hydrogens (tertiary/aromatic N) is 2. The standard InChI is InChI=1S/C25H25Cl2N3O/c1-3-31-21-12-16-6-4-5-7-18(16)23(21)30-25-14(2)28-24(22(29-25)15-8-9-15)19-11-10-17(26)13-20(19)27/h4-7,10-11,13,15,21,23H,3,8-9,12H2,1-2H3,(H,29,30). The first kappa shape index (κ1) is 20.7. The first-order valence-corrected chi connectivity index (χ1v) is 11.6. The summed E-state index contributed by atoms with van der Waals surface area (Å²) in [7, 11) is 0. The summed E-state index contributed by atoms with van der Waals surface area (Å²) < 4.78 is 6.08. The minimum Gasteiger partial charge on any atom is -0.376 e. The van der Waals surface area contributed by atoms with Crippen molar-refractivity contribution in [3.8, 4) is 11.3 Å². The summed E-state index contributed by atoms with van der Waals surface area (Å²) in [6, 6.07) is 14.1. The number of hydrogen-bond donors (Lipinski definition) is 1. The van der Waals surface area contributed by atoms with Gasteiger partial charge >= 0.3 is 0 Å². The van der Waals surface area contributed by atoms with E-state index in [2.05, 4.69) is 29.6 Å². The van der Waals surface area contributed by atoms with Crippen LogP contribution in [0.1, 0.15) is 54.2 Å². The Hall–Kier alpha value is -2.14. The fourth-order valence-corrected chi connectivity index (χ4v) is 4.93. The minimum atomic E-state index is 0.0566. The SMILES string of the molecule is CCOC1Cc2ccccc2C1Nc1nc(C2CC2)c(-c2ccc(Cl)cc2Cl)nc1C. The van der Waals surface area contributed by atoms with Crippen LogP contribution in [0, 0.1) is 6.92 Å². The Morgan fingerprint density at radius 3 is 2.65 bits per heavy atom. The van der Waals surface area contributed by atoms with E-state index in [-0.39, 0.29) is 12.1 Å². The lowest BCUT2D eigenvalue weighted by molar-refractivity contribution is 0.0573. The molecule has 1 fully saturated rings. The van der Waals surface area contributed by atoms with Gasteiger partial charge in [-0.25, -0.2) is 9.97 Å². The first-order chi connectivity index (χ1) is 15.0. The van der Waals surface area contributed by atoms with Gasteiger partial charge in [-0.05, 0) is 56.0 Å². The number of aromatic nitrogens is 2. The summed E-state index contributed by atoms with van der Waals surface area (Å²) in [5, 5.41) is 4.89. The third-order valence-electron chi connectivity index (χ3n) is 6.10.